The molecule has 3 aromatic rings. The summed E-state index contributed by atoms with van der Waals surface area (Å²) in [6.07, 6.45) is 3.75. The average molecular weight is 588 g/mol. The van der Waals surface area contributed by atoms with Crippen LogP contribution in [0.1, 0.15) is 29.5 Å². The Bertz CT molecular complexity index is 1500. The van der Waals surface area contributed by atoms with Gasteiger partial charge < -0.3 is 29.7 Å². The maximum Gasteiger partial charge on any atom is 0.258 e. The highest BCUT2D eigenvalue weighted by Crippen LogP contribution is 2.29. The number of likely N-dealkylation sites (tertiary alicyclic amines) is 1. The average Bonchev–Trinajstić information content (AvgIpc) is 3.01. The van der Waals surface area contributed by atoms with Crippen LogP contribution in [0.15, 0.2) is 72.8 Å². The van der Waals surface area contributed by atoms with Crippen molar-refractivity contribution in [2.75, 3.05) is 26.8 Å². The summed E-state index contributed by atoms with van der Waals surface area (Å²) in [4.78, 5) is 40.4. The van der Waals surface area contributed by atoms with Gasteiger partial charge in [0.25, 0.3) is 5.91 Å². The molecular formula is C33H34FN3O6. The molecule has 1 saturated heterocycles. The van der Waals surface area contributed by atoms with Crippen LogP contribution < -0.4 is 24.8 Å². The van der Waals surface area contributed by atoms with E-state index in [1.54, 1.807) is 29.2 Å². The quantitative estimate of drug-likeness (QED) is 0.454. The number of hydrogen-bond acceptors (Lipinski definition) is 6. The van der Waals surface area contributed by atoms with E-state index >= 15 is 0 Å². The lowest BCUT2D eigenvalue weighted by Crippen LogP contribution is -2.58. The van der Waals surface area contributed by atoms with E-state index < -0.39 is 23.9 Å². The van der Waals surface area contributed by atoms with Gasteiger partial charge in [0.05, 0.1) is 13.2 Å². The molecule has 2 aliphatic rings. The molecule has 224 valence electrons. The molecule has 10 heteroatoms. The molecule has 0 saturated carbocycles. The van der Waals surface area contributed by atoms with Gasteiger partial charge in [0, 0.05) is 44.6 Å². The molecule has 0 unspecified atom stereocenters. The zero-order valence-corrected chi connectivity index (χ0v) is 23.9. The number of nitrogens with one attached hydrogen (secondary N) is 2. The fraction of sp³-hybridized carbons (Fsp3) is 0.303. The summed E-state index contributed by atoms with van der Waals surface area (Å²) in [5, 5.41) is 5.79. The first-order chi connectivity index (χ1) is 20.9. The van der Waals surface area contributed by atoms with Crippen molar-refractivity contribution in [2.45, 2.75) is 38.0 Å². The Kier molecular flexibility index (Phi) is 9.56. The summed E-state index contributed by atoms with van der Waals surface area (Å²) in [5.74, 6) is -0.204. The van der Waals surface area contributed by atoms with Crippen LogP contribution in [0.25, 0.3) is 6.08 Å². The molecule has 43 heavy (non-hydrogen) atoms. The molecule has 0 aromatic heterocycles. The summed E-state index contributed by atoms with van der Waals surface area (Å²) < 4.78 is 32.0. The van der Waals surface area contributed by atoms with Crippen molar-refractivity contribution >= 4 is 23.8 Å². The van der Waals surface area contributed by atoms with Crippen molar-refractivity contribution in [1.29, 1.82) is 0 Å². The Morgan fingerprint density at radius 1 is 1.02 bits per heavy atom. The zero-order chi connectivity index (χ0) is 30.2. The number of methoxy groups -OCH3 is 1. The SMILES string of the molecule is COc1ccc2cc1OCC(=O)N[C@@H]1CN(C(=O)/C=C/c3ccccc3)CC[C@H]1Oc1cc(F)cc(c1)CNC(=O)CC2. The predicted molar refractivity (Wildman–Crippen MR) is 158 cm³/mol. The van der Waals surface area contributed by atoms with Gasteiger partial charge >= 0.3 is 0 Å². The standard InChI is InChI=1S/C33H34FN3O6/c1-41-29-10-7-23-8-11-31(38)35-19-24-15-25(34)18-26(16-24)43-28-13-14-37(33(40)12-9-22-5-3-2-4-6-22)20-27(28)36-32(39)21-42-30(29)17-23/h2-7,9-10,12,15-18,27-28H,8,11,13-14,19-21H2,1H3,(H,35,38)(H,36,39)/b12-9+/t27-,28-/m1/s1. The van der Waals surface area contributed by atoms with Crippen LogP contribution in [-0.4, -0.2) is 61.6 Å². The van der Waals surface area contributed by atoms with E-state index in [1.165, 1.54) is 25.3 Å². The second-order valence-corrected chi connectivity index (χ2v) is 10.5. The Labute approximate surface area is 249 Å². The summed E-state index contributed by atoms with van der Waals surface area (Å²) >= 11 is 0. The molecule has 2 aliphatic heterocycles. The normalized spacial score (nSPS) is 19.5. The fourth-order valence-corrected chi connectivity index (χ4v) is 5.14. The number of carbonyl (C=O) groups excluding carboxylic acids is 3. The minimum atomic E-state index is -0.600. The lowest BCUT2D eigenvalue weighted by atomic mass is 10.0. The van der Waals surface area contributed by atoms with E-state index in [0.717, 1.165) is 11.1 Å². The van der Waals surface area contributed by atoms with E-state index in [4.69, 9.17) is 14.2 Å². The van der Waals surface area contributed by atoms with Gasteiger partial charge in [-0.25, -0.2) is 4.39 Å². The Hall–Kier alpha value is -4.86. The van der Waals surface area contributed by atoms with Gasteiger partial charge in [-0.15, -0.1) is 0 Å². The third kappa shape index (κ3) is 8.12. The first kappa shape index (κ1) is 29.6. The third-order valence-electron chi connectivity index (χ3n) is 7.36. The molecule has 2 N–H and O–H groups in total. The van der Waals surface area contributed by atoms with Crippen molar-refractivity contribution in [2.24, 2.45) is 0 Å². The molecule has 2 atom stereocenters. The van der Waals surface area contributed by atoms with Gasteiger partial charge in [0.1, 0.15) is 17.7 Å². The van der Waals surface area contributed by atoms with Crippen LogP contribution in [0.3, 0.4) is 0 Å². The van der Waals surface area contributed by atoms with Crippen molar-refractivity contribution in [3.8, 4) is 17.2 Å². The topological polar surface area (TPSA) is 106 Å². The fourth-order valence-electron chi connectivity index (χ4n) is 5.14. The molecule has 1 fully saturated rings. The number of halogens is 1. The lowest BCUT2D eigenvalue weighted by molar-refractivity contribution is -0.131. The van der Waals surface area contributed by atoms with Crippen molar-refractivity contribution in [1.82, 2.24) is 15.5 Å². The predicted octanol–water partition coefficient (Wildman–Crippen LogP) is 3.65. The highest BCUT2D eigenvalue weighted by molar-refractivity contribution is 5.92. The molecule has 2 heterocycles. The van der Waals surface area contributed by atoms with Crippen molar-refractivity contribution in [3.63, 3.8) is 0 Å². The summed E-state index contributed by atoms with van der Waals surface area (Å²) in [6, 6.07) is 18.5. The second kappa shape index (κ2) is 13.9. The molecule has 0 spiro atoms. The molecular weight excluding hydrogens is 553 g/mol. The van der Waals surface area contributed by atoms with E-state index in [-0.39, 0.29) is 43.7 Å². The molecule has 5 rings (SSSR count). The zero-order valence-electron chi connectivity index (χ0n) is 23.9. The maximum atomic E-state index is 14.5. The van der Waals surface area contributed by atoms with Gasteiger partial charge in [-0.1, -0.05) is 36.4 Å². The van der Waals surface area contributed by atoms with Crippen LogP contribution in [0.4, 0.5) is 4.39 Å². The molecule has 3 amide bonds. The number of benzene rings is 3. The van der Waals surface area contributed by atoms with Gasteiger partial charge in [0.2, 0.25) is 11.8 Å². The maximum absolute atomic E-state index is 14.5. The summed E-state index contributed by atoms with van der Waals surface area (Å²) in [7, 11) is 1.51. The number of fused-ring (bicyclic) bond motifs is 5. The van der Waals surface area contributed by atoms with Crippen molar-refractivity contribution < 1.29 is 33.0 Å². The largest absolute Gasteiger partial charge is 0.493 e. The molecule has 4 bridgehead atoms. The van der Waals surface area contributed by atoms with Crippen LogP contribution in [0.2, 0.25) is 0 Å². The number of hydrogen-bond donors (Lipinski definition) is 2. The first-order valence-electron chi connectivity index (χ1n) is 14.2. The van der Waals surface area contributed by atoms with Gasteiger partial charge in [0.15, 0.2) is 18.1 Å². The van der Waals surface area contributed by atoms with Crippen LogP contribution >= 0.6 is 0 Å². The number of carbonyl (C=O) groups is 3. The highest BCUT2D eigenvalue weighted by Gasteiger charge is 2.34. The number of aryl methyl sites for hydroxylation is 1. The second-order valence-electron chi connectivity index (χ2n) is 10.5. The Morgan fingerprint density at radius 3 is 2.67 bits per heavy atom. The summed E-state index contributed by atoms with van der Waals surface area (Å²) in [5.41, 5.74) is 2.27. The molecule has 0 radical (unpaired) electrons. The number of rotatable bonds is 3. The van der Waals surface area contributed by atoms with Crippen LogP contribution in [0.5, 0.6) is 17.2 Å². The Morgan fingerprint density at radius 2 is 1.86 bits per heavy atom. The van der Waals surface area contributed by atoms with Crippen molar-refractivity contribution in [3.05, 3.63) is 95.3 Å². The number of nitrogens with zero attached hydrogens (tertiary/aromatic N) is 1. The lowest BCUT2D eigenvalue weighted by Gasteiger charge is -2.38. The van der Waals surface area contributed by atoms with Gasteiger partial charge in [-0.2, -0.15) is 0 Å². The van der Waals surface area contributed by atoms with Gasteiger partial charge in [-0.3, -0.25) is 14.4 Å². The minimum Gasteiger partial charge on any atom is -0.493 e. The molecule has 3 aromatic carbocycles. The highest BCUT2D eigenvalue weighted by atomic mass is 19.1. The van der Waals surface area contributed by atoms with Crippen LogP contribution in [-0.2, 0) is 27.3 Å². The van der Waals surface area contributed by atoms with E-state index in [0.29, 0.717) is 36.4 Å². The molecule has 9 nitrogen and oxygen atoms in total. The summed E-state index contributed by atoms with van der Waals surface area (Å²) in [6.45, 7) is 0.388. The number of piperidine rings is 1. The third-order valence-corrected chi connectivity index (χ3v) is 7.36. The number of amides is 3. The van der Waals surface area contributed by atoms with Crippen LogP contribution in [0, 0.1) is 5.82 Å². The monoisotopic (exact) mass is 587 g/mol. The minimum absolute atomic E-state index is 0.130. The van der Waals surface area contributed by atoms with E-state index in [1.807, 2.05) is 36.4 Å². The number of ether oxygens (including phenoxy) is 3. The van der Waals surface area contributed by atoms with E-state index in [9.17, 15) is 18.8 Å². The van der Waals surface area contributed by atoms with Gasteiger partial charge in [-0.05, 0) is 53.5 Å². The first-order valence-corrected chi connectivity index (χ1v) is 14.2. The molecule has 0 aliphatic carbocycles. The van der Waals surface area contributed by atoms with E-state index in [2.05, 4.69) is 10.6 Å². The Balaban J connectivity index is 1.38. The smallest absolute Gasteiger partial charge is 0.258 e.